The van der Waals surface area contributed by atoms with Gasteiger partial charge in [-0.25, -0.2) is 0 Å². The minimum absolute atomic E-state index is 0.268. The molecule has 0 heterocycles. The van der Waals surface area contributed by atoms with E-state index in [0.717, 1.165) is 25.3 Å². The van der Waals surface area contributed by atoms with E-state index < -0.39 is 0 Å². The molecule has 0 spiro atoms. The Balaban J connectivity index is 2.29. The van der Waals surface area contributed by atoms with Gasteiger partial charge >= 0.3 is 0 Å². The first-order chi connectivity index (χ1) is 5.74. The van der Waals surface area contributed by atoms with Crippen LogP contribution in [0.2, 0.25) is 0 Å². The van der Waals surface area contributed by atoms with Gasteiger partial charge in [-0.05, 0) is 38.5 Å². The lowest BCUT2D eigenvalue weighted by molar-refractivity contribution is -0.126. The van der Waals surface area contributed by atoms with Crippen LogP contribution in [-0.2, 0) is 4.79 Å². The van der Waals surface area contributed by atoms with E-state index in [1.807, 2.05) is 6.92 Å². The quantitative estimate of drug-likeness (QED) is 0.672. The van der Waals surface area contributed by atoms with Crippen LogP contribution in [0.4, 0.5) is 0 Å². The van der Waals surface area contributed by atoms with Gasteiger partial charge in [0.25, 0.3) is 0 Å². The van der Waals surface area contributed by atoms with Crippen molar-refractivity contribution in [2.75, 3.05) is 6.54 Å². The van der Waals surface area contributed by atoms with E-state index >= 15 is 0 Å². The summed E-state index contributed by atoms with van der Waals surface area (Å²) in [4.78, 5) is 11.4. The summed E-state index contributed by atoms with van der Waals surface area (Å²) < 4.78 is 0. The molecule has 2 heteroatoms. The van der Waals surface area contributed by atoms with Gasteiger partial charge in [-0.1, -0.05) is 6.92 Å². The number of rotatable bonds is 2. The largest absolute Gasteiger partial charge is 0.356 e. The standard InChI is InChI=1S/C10H19NO/c1-3-11-10(12)9-6-4-8(2)5-7-9/h8-9H,3-7H2,1-2H3,(H,11,12). The molecule has 0 unspecified atom stereocenters. The third kappa shape index (κ3) is 2.50. The van der Waals surface area contributed by atoms with Crippen LogP contribution < -0.4 is 5.32 Å². The smallest absolute Gasteiger partial charge is 0.223 e. The van der Waals surface area contributed by atoms with Gasteiger partial charge in [-0.15, -0.1) is 0 Å². The molecule has 0 radical (unpaired) electrons. The minimum Gasteiger partial charge on any atom is -0.356 e. The maximum Gasteiger partial charge on any atom is 0.223 e. The van der Waals surface area contributed by atoms with Crippen molar-refractivity contribution in [3.05, 3.63) is 0 Å². The summed E-state index contributed by atoms with van der Waals surface area (Å²) in [5, 5.41) is 2.89. The van der Waals surface area contributed by atoms with Crippen molar-refractivity contribution in [3.8, 4) is 0 Å². The molecule has 0 bridgehead atoms. The Bertz CT molecular complexity index is 148. The number of nitrogens with one attached hydrogen (secondary N) is 1. The molecule has 1 rings (SSSR count). The van der Waals surface area contributed by atoms with Gasteiger partial charge in [-0.3, -0.25) is 4.79 Å². The Hall–Kier alpha value is -0.530. The van der Waals surface area contributed by atoms with Crippen molar-refractivity contribution in [2.45, 2.75) is 39.5 Å². The van der Waals surface area contributed by atoms with E-state index in [1.165, 1.54) is 12.8 Å². The first-order valence-electron chi connectivity index (χ1n) is 5.01. The van der Waals surface area contributed by atoms with Crippen molar-refractivity contribution >= 4 is 5.91 Å². The number of hydrogen-bond acceptors (Lipinski definition) is 1. The Morgan fingerprint density at radius 1 is 1.33 bits per heavy atom. The van der Waals surface area contributed by atoms with Gasteiger partial charge in [0, 0.05) is 12.5 Å². The normalized spacial score (nSPS) is 29.8. The van der Waals surface area contributed by atoms with Crippen LogP contribution in [0.1, 0.15) is 39.5 Å². The third-order valence-corrected chi connectivity index (χ3v) is 2.74. The highest BCUT2D eigenvalue weighted by atomic mass is 16.1. The molecule has 1 N–H and O–H groups in total. The van der Waals surface area contributed by atoms with E-state index in [-0.39, 0.29) is 5.91 Å². The van der Waals surface area contributed by atoms with Gasteiger partial charge in [0.15, 0.2) is 0 Å². The Morgan fingerprint density at radius 2 is 1.92 bits per heavy atom. The first-order valence-corrected chi connectivity index (χ1v) is 5.01. The van der Waals surface area contributed by atoms with Crippen LogP contribution in [0.3, 0.4) is 0 Å². The van der Waals surface area contributed by atoms with E-state index in [4.69, 9.17) is 0 Å². The number of hydrogen-bond donors (Lipinski definition) is 1. The SMILES string of the molecule is CCNC(=O)C1CCC(C)CC1. The van der Waals surface area contributed by atoms with E-state index in [0.29, 0.717) is 5.92 Å². The highest BCUT2D eigenvalue weighted by Crippen LogP contribution is 2.28. The predicted octanol–water partition coefficient (Wildman–Crippen LogP) is 1.95. The summed E-state index contributed by atoms with van der Waals surface area (Å²) in [5.41, 5.74) is 0. The highest BCUT2D eigenvalue weighted by molar-refractivity contribution is 5.78. The summed E-state index contributed by atoms with van der Waals surface area (Å²) in [6, 6.07) is 0. The molecule has 0 atom stereocenters. The zero-order chi connectivity index (χ0) is 8.97. The maximum absolute atomic E-state index is 11.4. The van der Waals surface area contributed by atoms with Crippen LogP contribution >= 0.6 is 0 Å². The zero-order valence-corrected chi connectivity index (χ0v) is 8.10. The van der Waals surface area contributed by atoms with Crippen molar-refractivity contribution in [2.24, 2.45) is 11.8 Å². The zero-order valence-electron chi connectivity index (χ0n) is 8.10. The van der Waals surface area contributed by atoms with Gasteiger partial charge in [-0.2, -0.15) is 0 Å². The van der Waals surface area contributed by atoms with Crippen LogP contribution in [0.15, 0.2) is 0 Å². The molecule has 1 aliphatic rings. The minimum atomic E-state index is 0.268. The van der Waals surface area contributed by atoms with Crippen molar-refractivity contribution in [3.63, 3.8) is 0 Å². The molecule has 0 aromatic carbocycles. The molecule has 1 aliphatic carbocycles. The van der Waals surface area contributed by atoms with E-state index in [9.17, 15) is 4.79 Å². The molecule has 70 valence electrons. The topological polar surface area (TPSA) is 29.1 Å². The molecule has 2 nitrogen and oxygen atoms in total. The van der Waals surface area contributed by atoms with Gasteiger partial charge in [0.2, 0.25) is 5.91 Å². The number of amides is 1. The fourth-order valence-corrected chi connectivity index (χ4v) is 1.84. The lowest BCUT2D eigenvalue weighted by atomic mass is 9.82. The summed E-state index contributed by atoms with van der Waals surface area (Å²) >= 11 is 0. The maximum atomic E-state index is 11.4. The number of carbonyl (C=O) groups excluding carboxylic acids is 1. The Kier molecular flexibility index (Phi) is 3.57. The van der Waals surface area contributed by atoms with Crippen LogP contribution in [-0.4, -0.2) is 12.5 Å². The lowest BCUT2D eigenvalue weighted by Gasteiger charge is -2.24. The van der Waals surface area contributed by atoms with Crippen LogP contribution in [0.5, 0.6) is 0 Å². The monoisotopic (exact) mass is 169 g/mol. The van der Waals surface area contributed by atoms with Gasteiger partial charge in [0.05, 0.1) is 0 Å². The molecule has 1 amide bonds. The fourth-order valence-electron chi connectivity index (χ4n) is 1.84. The number of carbonyl (C=O) groups is 1. The fraction of sp³-hybridized carbons (Fsp3) is 0.900. The average molecular weight is 169 g/mol. The average Bonchev–Trinajstić information content (AvgIpc) is 2.06. The predicted molar refractivity (Wildman–Crippen MR) is 49.8 cm³/mol. The Labute approximate surface area is 74.7 Å². The third-order valence-electron chi connectivity index (χ3n) is 2.74. The highest BCUT2D eigenvalue weighted by Gasteiger charge is 2.23. The molecular weight excluding hydrogens is 150 g/mol. The summed E-state index contributed by atoms with van der Waals surface area (Å²) in [5.74, 6) is 1.40. The summed E-state index contributed by atoms with van der Waals surface area (Å²) in [6.07, 6.45) is 4.63. The summed E-state index contributed by atoms with van der Waals surface area (Å²) in [6.45, 7) is 5.02. The first kappa shape index (κ1) is 9.56. The second-order valence-corrected chi connectivity index (χ2v) is 3.85. The van der Waals surface area contributed by atoms with Gasteiger partial charge in [0.1, 0.15) is 0 Å². The Morgan fingerprint density at radius 3 is 2.42 bits per heavy atom. The molecule has 0 saturated heterocycles. The molecule has 1 fully saturated rings. The van der Waals surface area contributed by atoms with Crippen LogP contribution in [0.25, 0.3) is 0 Å². The second-order valence-electron chi connectivity index (χ2n) is 3.85. The molecule has 1 saturated carbocycles. The molecular formula is C10H19NO. The van der Waals surface area contributed by atoms with E-state index in [2.05, 4.69) is 12.2 Å². The molecule has 12 heavy (non-hydrogen) atoms. The van der Waals surface area contributed by atoms with Crippen molar-refractivity contribution in [1.29, 1.82) is 0 Å². The van der Waals surface area contributed by atoms with Gasteiger partial charge < -0.3 is 5.32 Å². The van der Waals surface area contributed by atoms with Crippen molar-refractivity contribution < 1.29 is 4.79 Å². The second kappa shape index (κ2) is 4.48. The van der Waals surface area contributed by atoms with E-state index in [1.54, 1.807) is 0 Å². The lowest BCUT2D eigenvalue weighted by Crippen LogP contribution is -2.32. The molecule has 0 aromatic rings. The summed E-state index contributed by atoms with van der Waals surface area (Å²) in [7, 11) is 0. The molecule has 0 aliphatic heterocycles. The van der Waals surface area contributed by atoms with Crippen LogP contribution in [0, 0.1) is 11.8 Å². The van der Waals surface area contributed by atoms with Crippen molar-refractivity contribution in [1.82, 2.24) is 5.32 Å². The molecule has 0 aromatic heterocycles.